The van der Waals surface area contributed by atoms with Crippen LogP contribution in [0.3, 0.4) is 0 Å². The Hall–Kier alpha value is -3.64. The first-order valence-corrected chi connectivity index (χ1v) is 14.7. The molecule has 1 aromatic heterocycles. The molecule has 3 heterocycles. The number of anilines is 2. The second-order valence-corrected chi connectivity index (χ2v) is 12.4. The van der Waals surface area contributed by atoms with Crippen molar-refractivity contribution in [1.29, 1.82) is 5.26 Å². The van der Waals surface area contributed by atoms with Crippen LogP contribution in [-0.2, 0) is 17.8 Å². The van der Waals surface area contributed by atoms with Crippen LogP contribution in [0.2, 0.25) is 0 Å². The summed E-state index contributed by atoms with van der Waals surface area (Å²) in [5, 5.41) is 9.53. The second kappa shape index (κ2) is 11.7. The topological polar surface area (TPSA) is 88.8 Å². The van der Waals surface area contributed by atoms with Crippen molar-refractivity contribution in [2.75, 3.05) is 56.7 Å². The summed E-state index contributed by atoms with van der Waals surface area (Å²) in [6.07, 6.45) is 4.70. The fraction of sp³-hybridized carbons (Fsp3) is 0.562. The molecule has 2 unspecified atom stereocenters. The van der Waals surface area contributed by atoms with E-state index < -0.39 is 0 Å². The Kier molecular flexibility index (Phi) is 8.23. The van der Waals surface area contributed by atoms with Crippen molar-refractivity contribution in [3.8, 4) is 12.1 Å². The van der Waals surface area contributed by atoms with Gasteiger partial charge in [0.1, 0.15) is 5.82 Å². The number of nitrogens with zero attached hydrogens (tertiary/aromatic N) is 7. The average Bonchev–Trinajstić information content (AvgIpc) is 3.71. The normalized spacial score (nSPS) is 21.3. The summed E-state index contributed by atoms with van der Waals surface area (Å²) in [6.45, 7) is 14.2. The van der Waals surface area contributed by atoms with E-state index in [1.54, 1.807) is 4.90 Å². The van der Waals surface area contributed by atoms with E-state index in [9.17, 15) is 10.1 Å². The number of aryl methyl sites for hydroxylation is 1. The smallest absolute Gasteiger partial charge is 0.318 e. The number of fused-ring (bicyclic) bond motifs is 1. The molecule has 0 bridgehead atoms. The third-order valence-corrected chi connectivity index (χ3v) is 8.97. The molecule has 41 heavy (non-hydrogen) atoms. The fourth-order valence-electron chi connectivity index (χ4n) is 6.40. The van der Waals surface area contributed by atoms with E-state index >= 15 is 0 Å². The highest BCUT2D eigenvalue weighted by Crippen LogP contribution is 2.46. The maximum Gasteiger partial charge on any atom is 0.318 e. The van der Waals surface area contributed by atoms with Crippen molar-refractivity contribution in [2.24, 2.45) is 5.41 Å². The van der Waals surface area contributed by atoms with Gasteiger partial charge in [0.25, 0.3) is 0 Å². The lowest BCUT2D eigenvalue weighted by Crippen LogP contribution is -2.55. The summed E-state index contributed by atoms with van der Waals surface area (Å²) in [4.78, 5) is 31.2. The number of benzene rings is 1. The summed E-state index contributed by atoms with van der Waals surface area (Å²) >= 11 is 0. The molecule has 1 aromatic carbocycles. The monoisotopic (exact) mass is 557 g/mol. The minimum absolute atomic E-state index is 0.132. The van der Waals surface area contributed by atoms with Crippen molar-refractivity contribution in [3.63, 3.8) is 0 Å². The third kappa shape index (κ3) is 6.03. The number of aromatic nitrogens is 2. The summed E-state index contributed by atoms with van der Waals surface area (Å²) < 4.78 is 6.37. The number of carbonyl (C=O) groups is 1. The van der Waals surface area contributed by atoms with Crippen molar-refractivity contribution in [3.05, 3.63) is 53.2 Å². The lowest BCUT2D eigenvalue weighted by Gasteiger charge is -2.43. The van der Waals surface area contributed by atoms with E-state index in [0.717, 1.165) is 42.9 Å². The lowest BCUT2D eigenvalue weighted by atomic mass is 9.95. The van der Waals surface area contributed by atoms with Crippen molar-refractivity contribution >= 4 is 17.4 Å². The molecule has 1 saturated heterocycles. The Bertz CT molecular complexity index is 1350. The highest BCUT2D eigenvalue weighted by atomic mass is 16.5. The molecule has 2 atom stereocenters. The predicted octanol–water partition coefficient (Wildman–Crippen LogP) is 3.88. The van der Waals surface area contributed by atoms with Crippen LogP contribution < -0.4 is 14.5 Å². The minimum atomic E-state index is -0.225. The second-order valence-electron chi connectivity index (χ2n) is 12.4. The van der Waals surface area contributed by atoms with Gasteiger partial charge in [0.2, 0.25) is 5.91 Å². The van der Waals surface area contributed by atoms with Gasteiger partial charge in [-0.15, -0.1) is 0 Å². The number of hydrogen-bond acceptors (Lipinski definition) is 8. The molecule has 218 valence electrons. The van der Waals surface area contributed by atoms with Gasteiger partial charge in [0.05, 0.1) is 37.4 Å². The van der Waals surface area contributed by atoms with Gasteiger partial charge in [0, 0.05) is 48.9 Å². The number of amides is 1. The number of piperazine rings is 1. The summed E-state index contributed by atoms with van der Waals surface area (Å²) in [6, 6.07) is 9.19. The van der Waals surface area contributed by atoms with E-state index in [0.29, 0.717) is 38.8 Å². The summed E-state index contributed by atoms with van der Waals surface area (Å²) in [5.74, 6) is 0.746. The van der Waals surface area contributed by atoms with E-state index in [2.05, 4.69) is 80.4 Å². The Labute approximate surface area is 244 Å². The Morgan fingerprint density at radius 3 is 2.73 bits per heavy atom. The SMILES string of the molecule is C=CC(=O)N1CCN(c2nc(OCC3(CN(C)C)CC3)nc3c2CC(C)N(c2cccc(C)c2C)C3)CC1CC#N. The van der Waals surface area contributed by atoms with Crippen LogP contribution >= 0.6 is 0 Å². The molecule has 3 aliphatic rings. The van der Waals surface area contributed by atoms with Crippen molar-refractivity contribution in [1.82, 2.24) is 19.8 Å². The van der Waals surface area contributed by atoms with E-state index in [1.807, 2.05) is 0 Å². The summed E-state index contributed by atoms with van der Waals surface area (Å²) in [7, 11) is 4.20. The summed E-state index contributed by atoms with van der Waals surface area (Å²) in [5.41, 5.74) is 6.09. The maximum absolute atomic E-state index is 12.5. The Morgan fingerprint density at radius 2 is 2.05 bits per heavy atom. The number of rotatable bonds is 9. The molecule has 2 aromatic rings. The largest absolute Gasteiger partial charge is 0.463 e. The predicted molar refractivity (Wildman–Crippen MR) is 161 cm³/mol. The first kappa shape index (κ1) is 28.9. The molecule has 9 heteroatoms. The molecule has 1 aliphatic carbocycles. The molecule has 9 nitrogen and oxygen atoms in total. The zero-order chi connectivity index (χ0) is 29.3. The fourth-order valence-corrected chi connectivity index (χ4v) is 6.40. The third-order valence-electron chi connectivity index (χ3n) is 8.97. The van der Waals surface area contributed by atoms with Crippen LogP contribution in [-0.4, -0.2) is 84.6 Å². The minimum Gasteiger partial charge on any atom is -0.463 e. The number of hydrogen-bond donors (Lipinski definition) is 0. The standard InChI is InChI=1S/C32H43N7O2/c1-7-29(40)38-16-15-37(18-25(38)11-14-33)30-26-17-23(3)39(28-10-8-9-22(2)24(28)4)19-27(26)34-31(35-30)41-21-32(12-13-32)20-36(5)6/h7-10,23,25H,1,11-13,15-21H2,2-6H3. The Balaban J connectivity index is 1.49. The van der Waals surface area contributed by atoms with Crippen molar-refractivity contribution in [2.45, 2.75) is 65.1 Å². The average molecular weight is 558 g/mol. The molecule has 2 fully saturated rings. The maximum atomic E-state index is 12.5. The molecule has 5 rings (SSSR count). The van der Waals surface area contributed by atoms with Crippen LogP contribution in [0.5, 0.6) is 6.01 Å². The molecule has 1 saturated carbocycles. The molecule has 0 N–H and O–H groups in total. The van der Waals surface area contributed by atoms with Crippen molar-refractivity contribution < 1.29 is 9.53 Å². The number of nitriles is 1. The van der Waals surface area contributed by atoms with Crippen LogP contribution in [0.1, 0.15) is 48.6 Å². The van der Waals surface area contributed by atoms with Gasteiger partial charge in [-0.3, -0.25) is 4.79 Å². The molecular formula is C32H43N7O2. The van der Waals surface area contributed by atoms with Crippen LogP contribution in [0, 0.1) is 30.6 Å². The van der Waals surface area contributed by atoms with Gasteiger partial charge in [-0.1, -0.05) is 18.7 Å². The number of carbonyl (C=O) groups excluding carboxylic acids is 1. The molecular weight excluding hydrogens is 514 g/mol. The van der Waals surface area contributed by atoms with Crippen LogP contribution in [0.25, 0.3) is 0 Å². The highest BCUT2D eigenvalue weighted by Gasteiger charge is 2.44. The molecule has 2 aliphatic heterocycles. The van der Waals surface area contributed by atoms with Crippen LogP contribution in [0.15, 0.2) is 30.9 Å². The zero-order valence-electron chi connectivity index (χ0n) is 25.2. The molecule has 0 radical (unpaired) electrons. The van der Waals surface area contributed by atoms with Gasteiger partial charge in [-0.2, -0.15) is 15.2 Å². The van der Waals surface area contributed by atoms with Gasteiger partial charge in [-0.05, 0) is 77.4 Å². The molecule has 1 amide bonds. The van der Waals surface area contributed by atoms with Gasteiger partial charge in [-0.25, -0.2) is 0 Å². The zero-order valence-corrected chi connectivity index (χ0v) is 25.2. The first-order chi connectivity index (χ1) is 19.6. The lowest BCUT2D eigenvalue weighted by molar-refractivity contribution is -0.128. The highest BCUT2D eigenvalue weighted by molar-refractivity contribution is 5.87. The van der Waals surface area contributed by atoms with Crippen LogP contribution in [0.4, 0.5) is 11.5 Å². The van der Waals surface area contributed by atoms with Gasteiger partial charge >= 0.3 is 6.01 Å². The van der Waals surface area contributed by atoms with E-state index in [4.69, 9.17) is 14.7 Å². The van der Waals surface area contributed by atoms with Gasteiger partial charge < -0.3 is 24.3 Å². The first-order valence-electron chi connectivity index (χ1n) is 14.7. The molecule has 0 spiro atoms. The van der Waals surface area contributed by atoms with Gasteiger partial charge in [0.15, 0.2) is 0 Å². The number of ether oxygens (including phenoxy) is 1. The quantitative estimate of drug-likeness (QED) is 0.429. The van der Waals surface area contributed by atoms with E-state index in [-0.39, 0.29) is 29.8 Å². The Morgan fingerprint density at radius 1 is 1.27 bits per heavy atom. The van der Waals surface area contributed by atoms with E-state index in [1.165, 1.54) is 22.9 Å².